The normalized spacial score (nSPS) is 17.9. The lowest BCUT2D eigenvalue weighted by Crippen LogP contribution is -2.50. The Bertz CT molecular complexity index is 334. The Kier molecular flexibility index (Phi) is 8.96. The molecule has 4 atom stereocenters. The highest BCUT2D eigenvalue weighted by Gasteiger charge is 2.32. The van der Waals surface area contributed by atoms with Gasteiger partial charge in [0.25, 0.3) is 0 Å². The fraction of sp³-hybridized carbons (Fsp3) is 0.833. The summed E-state index contributed by atoms with van der Waals surface area (Å²) in [7, 11) is -4.67. The van der Waals surface area contributed by atoms with Crippen LogP contribution in [0.25, 0.3) is 0 Å². The number of hydrogen-bond donors (Lipinski definition) is 8. The molecule has 0 radical (unpaired) electrons. The van der Waals surface area contributed by atoms with Crippen LogP contribution in [0.5, 0.6) is 0 Å². The third-order valence-corrected chi connectivity index (χ3v) is 1.55. The molecule has 0 aromatic carbocycles. The van der Waals surface area contributed by atoms with Crippen molar-refractivity contribution in [3.63, 3.8) is 0 Å². The first-order valence-electron chi connectivity index (χ1n) is 4.24. The van der Waals surface area contributed by atoms with E-state index in [4.69, 9.17) is 43.1 Å². The van der Waals surface area contributed by atoms with Gasteiger partial charge in [-0.1, -0.05) is 0 Å². The van der Waals surface area contributed by atoms with Crippen LogP contribution in [0.2, 0.25) is 0 Å². The monoisotopic (exact) mass is 293 g/mol. The van der Waals surface area contributed by atoms with Crippen LogP contribution in [0.4, 0.5) is 0 Å². The van der Waals surface area contributed by atoms with Crippen LogP contribution in [-0.2, 0) is 15.2 Å². The highest BCUT2D eigenvalue weighted by atomic mass is 32.3. The number of carbonyl (C=O) groups is 1. The average molecular weight is 293 g/mol. The summed E-state index contributed by atoms with van der Waals surface area (Å²) in [6, 6.07) is 0. The summed E-state index contributed by atoms with van der Waals surface area (Å²) in [6.07, 6.45) is -7.35. The Morgan fingerprint density at radius 2 is 1.39 bits per heavy atom. The predicted molar refractivity (Wildman–Crippen MR) is 54.5 cm³/mol. The third kappa shape index (κ3) is 10.3. The van der Waals surface area contributed by atoms with Gasteiger partial charge in [0.2, 0.25) is 5.91 Å². The van der Waals surface area contributed by atoms with E-state index in [-0.39, 0.29) is 0 Å². The SMILES string of the molecule is NC(=O)[C@H](O)[C@@H](O)[C@@H](O)[C@H](O)CO.O=S(=O)(O)O. The molecule has 0 heterocycles. The number of hydrogen-bond acceptors (Lipinski definition) is 8. The molecule has 18 heavy (non-hydrogen) atoms. The summed E-state index contributed by atoms with van der Waals surface area (Å²) < 4.78 is 31.6. The lowest BCUT2D eigenvalue weighted by Gasteiger charge is -2.23. The maximum atomic E-state index is 10.3. The van der Waals surface area contributed by atoms with E-state index in [1.807, 2.05) is 0 Å². The Hall–Kier alpha value is -0.860. The lowest BCUT2D eigenvalue weighted by molar-refractivity contribution is -0.146. The van der Waals surface area contributed by atoms with E-state index < -0.39 is 47.3 Å². The van der Waals surface area contributed by atoms with E-state index >= 15 is 0 Å². The molecular weight excluding hydrogens is 278 g/mol. The molecule has 0 saturated heterocycles. The van der Waals surface area contributed by atoms with Gasteiger partial charge in [0, 0.05) is 0 Å². The van der Waals surface area contributed by atoms with Crippen molar-refractivity contribution in [1.29, 1.82) is 0 Å². The summed E-state index contributed by atoms with van der Waals surface area (Å²) in [5.74, 6) is -1.23. The van der Waals surface area contributed by atoms with Crippen molar-refractivity contribution >= 4 is 16.3 Å². The molecule has 0 aromatic heterocycles. The molecule has 0 unspecified atom stereocenters. The standard InChI is InChI=1S/C6H13NO6.H2O4S/c7-6(13)5(12)4(11)3(10)2(9)1-8;1-5(2,3)4/h2-5,8-12H,1H2,(H2,7,13);(H2,1,2,3,4)/t2-,3+,4+,5-;/m1./s1. The minimum Gasteiger partial charge on any atom is -0.394 e. The zero-order valence-electron chi connectivity index (χ0n) is 8.86. The maximum absolute atomic E-state index is 10.3. The average Bonchev–Trinajstić information content (AvgIpc) is 2.22. The van der Waals surface area contributed by atoms with E-state index in [9.17, 15) is 4.79 Å². The number of carbonyl (C=O) groups excluding carboxylic acids is 1. The number of nitrogens with two attached hydrogens (primary N) is 1. The maximum Gasteiger partial charge on any atom is 0.394 e. The van der Waals surface area contributed by atoms with Crippen LogP contribution in [-0.4, -0.2) is 80.0 Å². The summed E-state index contributed by atoms with van der Waals surface area (Å²) in [6.45, 7) is -0.802. The predicted octanol–water partition coefficient (Wildman–Crippen LogP) is -4.75. The molecule has 0 rings (SSSR count). The van der Waals surface area contributed by atoms with Crippen molar-refractivity contribution in [3.05, 3.63) is 0 Å². The van der Waals surface area contributed by atoms with Crippen molar-refractivity contribution in [2.24, 2.45) is 5.73 Å². The first kappa shape index (κ1) is 19.5. The Balaban J connectivity index is 0. The zero-order chi connectivity index (χ0) is 15.1. The van der Waals surface area contributed by atoms with E-state index in [0.29, 0.717) is 0 Å². The second kappa shape index (κ2) is 8.28. The van der Waals surface area contributed by atoms with Crippen LogP contribution in [0.1, 0.15) is 0 Å². The number of amides is 1. The van der Waals surface area contributed by atoms with E-state index in [1.54, 1.807) is 0 Å². The van der Waals surface area contributed by atoms with Gasteiger partial charge in [0.05, 0.1) is 6.61 Å². The quantitative estimate of drug-likeness (QED) is 0.226. The summed E-state index contributed by atoms with van der Waals surface area (Å²) >= 11 is 0. The molecule has 0 spiro atoms. The summed E-state index contributed by atoms with van der Waals surface area (Å²) in [5.41, 5.74) is 4.61. The molecule has 1 amide bonds. The number of primary amides is 1. The van der Waals surface area contributed by atoms with E-state index in [0.717, 1.165) is 0 Å². The number of rotatable bonds is 5. The van der Waals surface area contributed by atoms with Gasteiger partial charge in [0.1, 0.15) is 18.3 Å². The van der Waals surface area contributed by atoms with E-state index in [2.05, 4.69) is 5.73 Å². The minimum atomic E-state index is -4.67. The molecular formula is C6H15NO10S. The zero-order valence-corrected chi connectivity index (χ0v) is 9.67. The second-order valence-corrected chi connectivity index (χ2v) is 3.92. The lowest BCUT2D eigenvalue weighted by atomic mass is 10.0. The Morgan fingerprint density at radius 1 is 1.06 bits per heavy atom. The van der Waals surface area contributed by atoms with Crippen LogP contribution in [0, 0.1) is 0 Å². The molecule has 110 valence electrons. The molecule has 9 N–H and O–H groups in total. The van der Waals surface area contributed by atoms with Gasteiger partial charge < -0.3 is 31.3 Å². The van der Waals surface area contributed by atoms with Gasteiger partial charge in [-0.3, -0.25) is 13.9 Å². The largest absolute Gasteiger partial charge is 0.394 e. The van der Waals surface area contributed by atoms with Crippen molar-refractivity contribution in [2.75, 3.05) is 6.61 Å². The molecule has 0 fully saturated rings. The molecule has 0 aliphatic carbocycles. The van der Waals surface area contributed by atoms with E-state index in [1.165, 1.54) is 0 Å². The second-order valence-electron chi connectivity index (χ2n) is 3.03. The van der Waals surface area contributed by atoms with Gasteiger partial charge in [-0.05, 0) is 0 Å². The molecule has 0 aromatic rings. The van der Waals surface area contributed by atoms with Gasteiger partial charge in [-0.25, -0.2) is 0 Å². The highest BCUT2D eigenvalue weighted by molar-refractivity contribution is 7.79. The van der Waals surface area contributed by atoms with Gasteiger partial charge >= 0.3 is 10.4 Å². The first-order chi connectivity index (χ1) is 7.91. The Labute approximate surface area is 102 Å². The van der Waals surface area contributed by atoms with Crippen LogP contribution >= 0.6 is 0 Å². The van der Waals surface area contributed by atoms with Gasteiger partial charge in [-0.2, -0.15) is 8.42 Å². The van der Waals surface area contributed by atoms with Crippen LogP contribution in [0.3, 0.4) is 0 Å². The van der Waals surface area contributed by atoms with Crippen LogP contribution < -0.4 is 5.73 Å². The fourth-order valence-electron chi connectivity index (χ4n) is 0.691. The summed E-state index contributed by atoms with van der Waals surface area (Å²) in [5, 5.41) is 44.0. The van der Waals surface area contributed by atoms with Crippen molar-refractivity contribution in [1.82, 2.24) is 0 Å². The van der Waals surface area contributed by atoms with Crippen LogP contribution in [0.15, 0.2) is 0 Å². The molecule has 0 aliphatic heterocycles. The smallest absolute Gasteiger partial charge is 0.394 e. The topological polar surface area (TPSA) is 219 Å². The molecule has 0 saturated carbocycles. The van der Waals surface area contributed by atoms with Gasteiger partial charge in [-0.15, -0.1) is 0 Å². The van der Waals surface area contributed by atoms with Crippen molar-refractivity contribution in [3.8, 4) is 0 Å². The first-order valence-corrected chi connectivity index (χ1v) is 5.63. The molecule has 11 nitrogen and oxygen atoms in total. The number of aliphatic hydroxyl groups excluding tert-OH is 5. The summed E-state index contributed by atoms with van der Waals surface area (Å²) in [4.78, 5) is 10.3. The number of aliphatic hydroxyl groups is 5. The fourth-order valence-corrected chi connectivity index (χ4v) is 0.691. The Morgan fingerprint density at radius 3 is 1.61 bits per heavy atom. The highest BCUT2D eigenvalue weighted by Crippen LogP contribution is 2.04. The van der Waals surface area contributed by atoms with Gasteiger partial charge in [0.15, 0.2) is 6.10 Å². The van der Waals surface area contributed by atoms with Crippen molar-refractivity contribution < 1.29 is 47.9 Å². The molecule has 0 bridgehead atoms. The molecule has 12 heteroatoms. The molecule has 0 aliphatic rings. The van der Waals surface area contributed by atoms with Crippen molar-refractivity contribution in [2.45, 2.75) is 24.4 Å². The third-order valence-electron chi connectivity index (χ3n) is 1.55. The minimum absolute atomic E-state index is 0.802.